The zero-order valence-corrected chi connectivity index (χ0v) is 19.4. The summed E-state index contributed by atoms with van der Waals surface area (Å²) in [5.74, 6) is -0.0450. The third kappa shape index (κ3) is 4.72. The highest BCUT2D eigenvalue weighted by Gasteiger charge is 2.29. The van der Waals surface area contributed by atoms with Gasteiger partial charge < -0.3 is 14.2 Å². The Balaban J connectivity index is 1.42. The van der Waals surface area contributed by atoms with E-state index in [2.05, 4.69) is 36.9 Å². The van der Waals surface area contributed by atoms with Crippen LogP contribution in [-0.2, 0) is 15.6 Å². The maximum atomic E-state index is 13.0. The van der Waals surface area contributed by atoms with Gasteiger partial charge in [-0.05, 0) is 62.7 Å². The molecule has 32 heavy (non-hydrogen) atoms. The first-order chi connectivity index (χ1) is 15.2. The van der Waals surface area contributed by atoms with E-state index >= 15 is 0 Å². The smallest absolute Gasteiger partial charge is 0.289 e. The number of carbonyl (C=O) groups excluding carboxylic acids is 1. The molecule has 0 N–H and O–H groups in total. The Kier molecular flexibility index (Phi) is 6.11. The van der Waals surface area contributed by atoms with Crippen molar-refractivity contribution in [3.8, 4) is 0 Å². The van der Waals surface area contributed by atoms with Gasteiger partial charge in [0, 0.05) is 31.4 Å². The van der Waals surface area contributed by atoms with Crippen LogP contribution >= 0.6 is 0 Å². The van der Waals surface area contributed by atoms with Gasteiger partial charge in [-0.15, -0.1) is 0 Å². The Hall–Kier alpha value is -3.06. The summed E-state index contributed by atoms with van der Waals surface area (Å²) in [6.45, 7) is 7.96. The van der Waals surface area contributed by atoms with Gasteiger partial charge in [0.1, 0.15) is 11.5 Å². The van der Waals surface area contributed by atoms with Crippen LogP contribution in [0.3, 0.4) is 0 Å². The van der Waals surface area contributed by atoms with Gasteiger partial charge in [0.2, 0.25) is 0 Å². The van der Waals surface area contributed by atoms with Crippen molar-refractivity contribution in [2.24, 2.45) is 0 Å². The fourth-order valence-corrected chi connectivity index (χ4v) is 5.32. The molecule has 0 aliphatic carbocycles. The van der Waals surface area contributed by atoms with E-state index in [1.165, 1.54) is 5.56 Å². The average molecular weight is 453 g/mol. The number of rotatable bonds is 5. The molecule has 1 amide bonds. The summed E-state index contributed by atoms with van der Waals surface area (Å²) in [7, 11) is -3.54. The Morgan fingerprint density at radius 1 is 1.00 bits per heavy atom. The number of hydrogen-bond acceptors (Lipinski definition) is 5. The summed E-state index contributed by atoms with van der Waals surface area (Å²) in [6, 6.07) is 18.4. The van der Waals surface area contributed by atoms with Crippen LogP contribution in [0, 0.1) is 13.8 Å². The zero-order valence-electron chi connectivity index (χ0n) is 18.6. The van der Waals surface area contributed by atoms with E-state index in [4.69, 9.17) is 4.42 Å². The minimum absolute atomic E-state index is 0.158. The molecule has 1 aliphatic rings. The van der Waals surface area contributed by atoms with Crippen molar-refractivity contribution in [2.45, 2.75) is 37.5 Å². The second-order valence-corrected chi connectivity index (χ2v) is 10.5. The number of anilines is 1. The molecule has 1 saturated heterocycles. The van der Waals surface area contributed by atoms with Crippen LogP contribution in [0.25, 0.3) is 0 Å². The molecule has 1 aromatic heterocycles. The molecular weight excluding hydrogens is 424 g/mol. The van der Waals surface area contributed by atoms with E-state index in [9.17, 15) is 13.2 Å². The number of amides is 1. The van der Waals surface area contributed by atoms with E-state index in [0.717, 1.165) is 17.8 Å². The van der Waals surface area contributed by atoms with Crippen molar-refractivity contribution in [1.29, 1.82) is 0 Å². The lowest BCUT2D eigenvalue weighted by Crippen LogP contribution is -2.53. The van der Waals surface area contributed by atoms with Crippen LogP contribution in [0.15, 0.2) is 70.0 Å². The fraction of sp³-hybridized carbons (Fsp3) is 0.320. The molecule has 0 bridgehead atoms. The van der Waals surface area contributed by atoms with Gasteiger partial charge >= 0.3 is 0 Å². The molecule has 1 aliphatic heterocycles. The van der Waals surface area contributed by atoms with Gasteiger partial charge in [-0.25, -0.2) is 8.42 Å². The van der Waals surface area contributed by atoms with Crippen LogP contribution < -0.4 is 4.90 Å². The van der Waals surface area contributed by atoms with Gasteiger partial charge in [0.25, 0.3) is 5.91 Å². The van der Waals surface area contributed by atoms with Crippen molar-refractivity contribution < 1.29 is 17.6 Å². The van der Waals surface area contributed by atoms with Gasteiger partial charge in [0.05, 0.1) is 4.90 Å². The first kappa shape index (κ1) is 22.1. The molecule has 4 rings (SSSR count). The SMILES string of the molecule is Cc1ccc(S(=O)(=O)Cc2ccc(C(=O)N3CCN(c4cccc(C)c4)[C@H](C)C3)o2)cc1. The standard InChI is InChI=1S/C25H28N2O4S/c1-18-7-10-23(11-8-18)32(29,30)17-22-9-12-24(31-22)25(28)26-13-14-27(20(3)16-26)21-6-4-5-19(2)15-21/h4-12,15,20H,13-14,16-17H2,1-3H3/t20-/m1/s1. The van der Waals surface area contributed by atoms with E-state index in [-0.39, 0.29) is 34.1 Å². The maximum absolute atomic E-state index is 13.0. The number of piperazine rings is 1. The summed E-state index contributed by atoms with van der Waals surface area (Å²) in [4.78, 5) is 17.3. The largest absolute Gasteiger partial charge is 0.455 e. The highest BCUT2D eigenvalue weighted by atomic mass is 32.2. The molecule has 1 atom stereocenters. The van der Waals surface area contributed by atoms with Crippen LogP contribution in [0.4, 0.5) is 5.69 Å². The molecular formula is C25H28N2O4S. The normalized spacial score (nSPS) is 16.9. The monoisotopic (exact) mass is 452 g/mol. The molecule has 7 heteroatoms. The highest BCUT2D eigenvalue weighted by molar-refractivity contribution is 7.90. The molecule has 6 nitrogen and oxygen atoms in total. The molecule has 0 radical (unpaired) electrons. The fourth-order valence-electron chi connectivity index (χ4n) is 4.07. The van der Waals surface area contributed by atoms with Crippen molar-refractivity contribution >= 4 is 21.4 Å². The summed E-state index contributed by atoms with van der Waals surface area (Å²) in [6.07, 6.45) is 0. The predicted molar refractivity (Wildman–Crippen MR) is 125 cm³/mol. The third-order valence-corrected chi connectivity index (χ3v) is 7.49. The molecule has 2 aromatic carbocycles. The van der Waals surface area contributed by atoms with Crippen molar-refractivity contribution in [1.82, 2.24) is 4.90 Å². The number of hydrogen-bond donors (Lipinski definition) is 0. The summed E-state index contributed by atoms with van der Waals surface area (Å²) < 4.78 is 31.0. The number of furan rings is 1. The summed E-state index contributed by atoms with van der Waals surface area (Å²) >= 11 is 0. The molecule has 2 heterocycles. The number of carbonyl (C=O) groups is 1. The third-order valence-electron chi connectivity index (χ3n) is 5.83. The van der Waals surface area contributed by atoms with Crippen molar-refractivity contribution in [2.75, 3.05) is 24.5 Å². The first-order valence-electron chi connectivity index (χ1n) is 10.7. The molecule has 0 spiro atoms. The quantitative estimate of drug-likeness (QED) is 0.580. The minimum Gasteiger partial charge on any atom is -0.455 e. The number of sulfone groups is 1. The van der Waals surface area contributed by atoms with Crippen LogP contribution in [0.2, 0.25) is 0 Å². The van der Waals surface area contributed by atoms with E-state index in [0.29, 0.717) is 13.1 Å². The summed E-state index contributed by atoms with van der Waals surface area (Å²) in [5, 5.41) is 0. The van der Waals surface area contributed by atoms with Crippen molar-refractivity contribution in [3.05, 3.63) is 83.3 Å². The van der Waals surface area contributed by atoms with Crippen molar-refractivity contribution in [3.63, 3.8) is 0 Å². The molecule has 0 unspecified atom stereocenters. The van der Waals surface area contributed by atoms with Gasteiger partial charge in [0.15, 0.2) is 15.6 Å². The molecule has 0 saturated carbocycles. The Labute approximate surface area is 189 Å². The van der Waals surface area contributed by atoms with Gasteiger partial charge in [-0.1, -0.05) is 29.8 Å². The van der Waals surface area contributed by atoms with E-state index in [1.54, 1.807) is 41.3 Å². The Morgan fingerprint density at radius 2 is 1.75 bits per heavy atom. The predicted octanol–water partition coefficient (Wildman–Crippen LogP) is 4.22. The first-order valence-corrected chi connectivity index (χ1v) is 12.4. The van der Waals surface area contributed by atoms with Gasteiger partial charge in [-0.2, -0.15) is 0 Å². The zero-order chi connectivity index (χ0) is 22.9. The number of nitrogens with zero attached hydrogens (tertiary/aromatic N) is 2. The number of aryl methyl sites for hydroxylation is 2. The lowest BCUT2D eigenvalue weighted by molar-refractivity contribution is 0.0692. The molecule has 168 valence electrons. The van der Waals surface area contributed by atoms with E-state index < -0.39 is 9.84 Å². The lowest BCUT2D eigenvalue weighted by atomic mass is 10.1. The number of benzene rings is 2. The van der Waals surface area contributed by atoms with E-state index in [1.807, 2.05) is 13.0 Å². The molecule has 3 aromatic rings. The second kappa shape index (κ2) is 8.82. The Bertz CT molecular complexity index is 1210. The Morgan fingerprint density at radius 3 is 2.44 bits per heavy atom. The van der Waals surface area contributed by atoms with Crippen LogP contribution in [0.5, 0.6) is 0 Å². The van der Waals surface area contributed by atoms with Crippen LogP contribution in [0.1, 0.15) is 34.4 Å². The maximum Gasteiger partial charge on any atom is 0.289 e. The average Bonchev–Trinajstić information content (AvgIpc) is 3.21. The highest BCUT2D eigenvalue weighted by Crippen LogP contribution is 2.24. The topological polar surface area (TPSA) is 70.8 Å². The summed E-state index contributed by atoms with van der Waals surface area (Å²) in [5.41, 5.74) is 3.36. The second-order valence-electron chi connectivity index (χ2n) is 8.47. The lowest BCUT2D eigenvalue weighted by Gasteiger charge is -2.41. The minimum atomic E-state index is -3.54. The van der Waals surface area contributed by atoms with Crippen LogP contribution in [-0.4, -0.2) is 44.9 Å². The molecule has 1 fully saturated rings. The van der Waals surface area contributed by atoms with Gasteiger partial charge in [-0.3, -0.25) is 4.79 Å².